The first-order valence-corrected chi connectivity index (χ1v) is 6.33. The van der Waals surface area contributed by atoms with Crippen molar-refractivity contribution in [3.63, 3.8) is 0 Å². The molecule has 0 aromatic heterocycles. The van der Waals surface area contributed by atoms with E-state index in [-0.39, 0.29) is 5.25 Å². The number of ether oxygens (including phenoxy) is 1. The number of hydrogen-bond donors (Lipinski definition) is 1. The van der Waals surface area contributed by atoms with E-state index in [2.05, 4.69) is 4.72 Å². The molecule has 4 nitrogen and oxygen atoms in total. The summed E-state index contributed by atoms with van der Waals surface area (Å²) < 4.78 is 30.9. The number of benzene rings is 1. The molecule has 0 aliphatic heterocycles. The summed E-state index contributed by atoms with van der Waals surface area (Å²) in [5, 5.41) is -0.220. The summed E-state index contributed by atoms with van der Waals surface area (Å²) in [7, 11) is -1.68. The van der Waals surface area contributed by atoms with Gasteiger partial charge in [-0.1, -0.05) is 12.1 Å². The highest BCUT2D eigenvalue weighted by Gasteiger charge is 2.36. The highest BCUT2D eigenvalue weighted by atomic mass is 32.2. The molecule has 1 aliphatic rings. The van der Waals surface area contributed by atoms with Crippen LogP contribution < -0.4 is 9.46 Å². The van der Waals surface area contributed by atoms with Crippen molar-refractivity contribution in [1.82, 2.24) is 0 Å². The van der Waals surface area contributed by atoms with Gasteiger partial charge in [0.25, 0.3) is 0 Å². The van der Waals surface area contributed by atoms with Gasteiger partial charge in [0, 0.05) is 0 Å². The molecule has 0 spiro atoms. The van der Waals surface area contributed by atoms with E-state index >= 15 is 0 Å². The number of para-hydroxylation sites is 2. The van der Waals surface area contributed by atoms with Crippen LogP contribution >= 0.6 is 0 Å². The molecule has 0 heterocycles. The van der Waals surface area contributed by atoms with E-state index in [1.54, 1.807) is 24.3 Å². The van der Waals surface area contributed by atoms with Gasteiger partial charge in [-0.25, -0.2) is 8.42 Å². The van der Waals surface area contributed by atoms with Crippen LogP contribution in [0.3, 0.4) is 0 Å². The molecule has 82 valence electrons. The Bertz CT molecular complexity index is 451. The fourth-order valence-corrected chi connectivity index (χ4v) is 2.74. The second-order valence-electron chi connectivity index (χ2n) is 3.55. The van der Waals surface area contributed by atoms with Gasteiger partial charge < -0.3 is 4.74 Å². The van der Waals surface area contributed by atoms with Crippen LogP contribution in [0.25, 0.3) is 0 Å². The van der Waals surface area contributed by atoms with Crippen LogP contribution in [0.5, 0.6) is 5.75 Å². The van der Waals surface area contributed by atoms with E-state index in [1.165, 1.54) is 7.11 Å². The lowest BCUT2D eigenvalue weighted by Crippen LogP contribution is -2.17. The molecule has 1 aromatic rings. The number of rotatable bonds is 4. The Labute approximate surface area is 89.3 Å². The van der Waals surface area contributed by atoms with E-state index in [1.807, 2.05) is 0 Å². The lowest BCUT2D eigenvalue weighted by atomic mass is 10.3. The summed E-state index contributed by atoms with van der Waals surface area (Å²) >= 11 is 0. The molecule has 0 bridgehead atoms. The Morgan fingerprint density at radius 2 is 2.00 bits per heavy atom. The number of nitrogens with one attached hydrogen (secondary N) is 1. The van der Waals surface area contributed by atoms with E-state index < -0.39 is 10.0 Å². The molecule has 0 amide bonds. The third kappa shape index (κ3) is 2.23. The van der Waals surface area contributed by atoms with Crippen LogP contribution in [-0.4, -0.2) is 20.8 Å². The van der Waals surface area contributed by atoms with Gasteiger partial charge >= 0.3 is 0 Å². The van der Waals surface area contributed by atoms with Crippen molar-refractivity contribution in [2.75, 3.05) is 11.8 Å². The van der Waals surface area contributed by atoms with Gasteiger partial charge in [-0.05, 0) is 25.0 Å². The maximum atomic E-state index is 11.7. The molecule has 0 unspecified atom stereocenters. The van der Waals surface area contributed by atoms with Crippen LogP contribution in [0, 0.1) is 0 Å². The van der Waals surface area contributed by atoms with Crippen LogP contribution in [0.1, 0.15) is 12.8 Å². The second-order valence-corrected chi connectivity index (χ2v) is 5.51. The Hall–Kier alpha value is -1.23. The smallest absolute Gasteiger partial charge is 0.235 e. The van der Waals surface area contributed by atoms with Crippen LogP contribution in [0.2, 0.25) is 0 Å². The summed E-state index contributed by atoms with van der Waals surface area (Å²) in [6.07, 6.45) is 1.51. The van der Waals surface area contributed by atoms with Crippen molar-refractivity contribution >= 4 is 15.7 Å². The minimum atomic E-state index is -3.20. The number of anilines is 1. The number of hydrogen-bond acceptors (Lipinski definition) is 3. The summed E-state index contributed by atoms with van der Waals surface area (Å²) in [6.45, 7) is 0. The Balaban J connectivity index is 2.23. The lowest BCUT2D eigenvalue weighted by molar-refractivity contribution is 0.417. The third-order valence-corrected chi connectivity index (χ3v) is 4.18. The van der Waals surface area contributed by atoms with Crippen molar-refractivity contribution in [3.8, 4) is 5.75 Å². The molecular formula is C10H13NO3S. The second kappa shape index (κ2) is 3.73. The van der Waals surface area contributed by atoms with E-state index in [4.69, 9.17) is 4.74 Å². The van der Waals surface area contributed by atoms with Gasteiger partial charge in [-0.3, -0.25) is 4.72 Å². The summed E-state index contributed by atoms with van der Waals surface area (Å²) in [5.41, 5.74) is 0.506. The average molecular weight is 227 g/mol. The van der Waals surface area contributed by atoms with Gasteiger partial charge in [0.15, 0.2) is 0 Å². The average Bonchev–Trinajstić information content (AvgIpc) is 3.01. The predicted molar refractivity (Wildman–Crippen MR) is 58.6 cm³/mol. The zero-order chi connectivity index (χ0) is 10.9. The van der Waals surface area contributed by atoms with Gasteiger partial charge in [0.1, 0.15) is 5.75 Å². The van der Waals surface area contributed by atoms with E-state index in [0.29, 0.717) is 11.4 Å². The van der Waals surface area contributed by atoms with Gasteiger partial charge in [0.05, 0.1) is 18.0 Å². The molecule has 1 saturated carbocycles. The third-order valence-electron chi connectivity index (χ3n) is 2.32. The predicted octanol–water partition coefficient (Wildman–Crippen LogP) is 1.60. The van der Waals surface area contributed by atoms with E-state index in [0.717, 1.165) is 12.8 Å². The molecule has 1 fully saturated rings. The zero-order valence-electron chi connectivity index (χ0n) is 8.43. The standard InChI is InChI=1S/C10H13NO3S/c1-14-10-5-3-2-4-9(10)11-15(12,13)8-6-7-8/h2-5,8,11H,6-7H2,1H3. The SMILES string of the molecule is COc1ccccc1NS(=O)(=O)C1CC1. The van der Waals surface area contributed by atoms with Crippen molar-refractivity contribution in [1.29, 1.82) is 0 Å². The maximum absolute atomic E-state index is 11.7. The lowest BCUT2D eigenvalue weighted by Gasteiger charge is -2.10. The van der Waals surface area contributed by atoms with Crippen LogP contribution in [0.4, 0.5) is 5.69 Å². The molecule has 1 aromatic carbocycles. The van der Waals surface area contributed by atoms with Gasteiger partial charge in [0.2, 0.25) is 10.0 Å². The van der Waals surface area contributed by atoms with Crippen LogP contribution in [0.15, 0.2) is 24.3 Å². The minimum absolute atomic E-state index is 0.220. The largest absolute Gasteiger partial charge is 0.495 e. The monoisotopic (exact) mass is 227 g/mol. The topological polar surface area (TPSA) is 55.4 Å². The first kappa shape index (κ1) is 10.3. The molecule has 0 saturated heterocycles. The zero-order valence-corrected chi connectivity index (χ0v) is 9.25. The van der Waals surface area contributed by atoms with E-state index in [9.17, 15) is 8.42 Å². The fourth-order valence-electron chi connectivity index (χ4n) is 1.34. The number of sulfonamides is 1. The molecule has 0 radical (unpaired) electrons. The molecule has 15 heavy (non-hydrogen) atoms. The molecule has 5 heteroatoms. The van der Waals surface area contributed by atoms with Crippen LogP contribution in [-0.2, 0) is 10.0 Å². The maximum Gasteiger partial charge on any atom is 0.235 e. The van der Waals surface area contributed by atoms with Crippen molar-refractivity contribution in [2.24, 2.45) is 0 Å². The Morgan fingerprint density at radius 3 is 2.60 bits per heavy atom. The normalized spacial score (nSPS) is 16.1. The molecule has 0 atom stereocenters. The Morgan fingerprint density at radius 1 is 1.33 bits per heavy atom. The first-order chi connectivity index (χ1) is 7.13. The van der Waals surface area contributed by atoms with Crippen molar-refractivity contribution < 1.29 is 13.2 Å². The van der Waals surface area contributed by atoms with Crippen molar-refractivity contribution in [2.45, 2.75) is 18.1 Å². The van der Waals surface area contributed by atoms with Gasteiger partial charge in [-0.2, -0.15) is 0 Å². The Kier molecular flexibility index (Phi) is 2.56. The highest BCUT2D eigenvalue weighted by molar-refractivity contribution is 7.93. The summed E-state index contributed by atoms with van der Waals surface area (Å²) in [6, 6.07) is 6.99. The van der Waals surface area contributed by atoms with Crippen molar-refractivity contribution in [3.05, 3.63) is 24.3 Å². The fraction of sp³-hybridized carbons (Fsp3) is 0.400. The molecule has 1 aliphatic carbocycles. The highest BCUT2D eigenvalue weighted by Crippen LogP contribution is 2.32. The minimum Gasteiger partial charge on any atom is -0.495 e. The molecule has 1 N–H and O–H groups in total. The number of methoxy groups -OCH3 is 1. The molecule has 2 rings (SSSR count). The summed E-state index contributed by atoms with van der Waals surface area (Å²) in [5.74, 6) is 0.543. The first-order valence-electron chi connectivity index (χ1n) is 4.78. The quantitative estimate of drug-likeness (QED) is 0.850. The molecular weight excluding hydrogens is 214 g/mol. The summed E-state index contributed by atoms with van der Waals surface area (Å²) in [4.78, 5) is 0. The van der Waals surface area contributed by atoms with Gasteiger partial charge in [-0.15, -0.1) is 0 Å².